The molecule has 4 aromatic heterocycles. The zero-order valence-electron chi connectivity index (χ0n) is 43.6. The summed E-state index contributed by atoms with van der Waals surface area (Å²) in [6, 6.07) is 26.7. The van der Waals surface area contributed by atoms with Crippen molar-refractivity contribution in [3.63, 3.8) is 0 Å². The molecule has 0 bridgehead atoms. The molecule has 0 spiro atoms. The van der Waals surface area contributed by atoms with Crippen molar-refractivity contribution < 1.29 is 24.2 Å². The molecule has 4 heterocycles. The first-order valence-corrected chi connectivity index (χ1v) is 23.9. The van der Waals surface area contributed by atoms with E-state index in [1.807, 2.05) is 109 Å². The Labute approximate surface area is 436 Å². The third-order valence-electron chi connectivity index (χ3n) is 12.1. The van der Waals surface area contributed by atoms with E-state index in [9.17, 15) is 14.7 Å². The number of rotatable bonds is 21. The number of nitrogens with zero attached hydrogens (tertiary/aromatic N) is 8. The van der Waals surface area contributed by atoms with Crippen molar-refractivity contribution in [1.29, 1.82) is 0 Å². The number of H-pyrrole nitrogens is 2. The van der Waals surface area contributed by atoms with Crippen LogP contribution in [0.5, 0.6) is 11.5 Å². The number of carbonyl (C=O) groups is 2. The molecule has 0 saturated carbocycles. The number of carbonyl (C=O) groups excluding carboxylic acids is 2. The minimum Gasteiger partial charge on any atom is -0.494 e. The summed E-state index contributed by atoms with van der Waals surface area (Å²) in [5.41, 5.74) is 15.7. The van der Waals surface area contributed by atoms with Gasteiger partial charge in [-0.05, 0) is 76.7 Å². The average molecular weight is 1020 g/mol. The Morgan fingerprint density at radius 1 is 0.627 bits per heavy atom. The summed E-state index contributed by atoms with van der Waals surface area (Å²) in [6.07, 6.45) is 5.79. The first-order valence-electron chi connectivity index (χ1n) is 23.9. The van der Waals surface area contributed by atoms with Gasteiger partial charge in [0.15, 0.2) is 0 Å². The highest BCUT2D eigenvalue weighted by Crippen LogP contribution is 2.41. The second-order valence-corrected chi connectivity index (χ2v) is 17.9. The quantitative estimate of drug-likeness (QED) is 0.0317. The fraction of sp³-hybridized carbons (Fsp3) is 0.236. The van der Waals surface area contributed by atoms with E-state index in [1.165, 1.54) is 12.2 Å². The van der Waals surface area contributed by atoms with Crippen LogP contribution in [0.25, 0.3) is 44.3 Å². The minimum atomic E-state index is -0.322. The molecule has 0 aliphatic heterocycles. The van der Waals surface area contributed by atoms with E-state index >= 15 is 0 Å². The highest BCUT2D eigenvalue weighted by atomic mass is 16.5. The van der Waals surface area contributed by atoms with E-state index in [0.717, 1.165) is 70.5 Å². The van der Waals surface area contributed by atoms with Gasteiger partial charge in [-0.25, -0.2) is 19.9 Å². The van der Waals surface area contributed by atoms with Crippen molar-refractivity contribution >= 4 is 85.5 Å². The van der Waals surface area contributed by atoms with Crippen LogP contribution in [0.2, 0.25) is 0 Å². The zero-order valence-corrected chi connectivity index (χ0v) is 43.6. The summed E-state index contributed by atoms with van der Waals surface area (Å²) >= 11 is 0. The number of ether oxygens (including phenoxy) is 2. The van der Waals surface area contributed by atoms with Gasteiger partial charge in [-0.3, -0.25) is 9.59 Å². The lowest BCUT2D eigenvalue weighted by Crippen LogP contribution is -2.29. The average Bonchev–Trinajstić information content (AvgIpc) is 3.97. The molecule has 390 valence electrons. The number of aromatic nitrogens is 6. The first kappa shape index (κ1) is 53.8. The molecule has 0 radical (unpaired) electrons. The van der Waals surface area contributed by atoms with Gasteiger partial charge in [0, 0.05) is 97.7 Å². The molecule has 75 heavy (non-hydrogen) atoms. The standard InChI is InChI=1S/C28H33N7O3.C27H32N8O2/c1-6-26(37)31-21-15-22(25(38-5)16-24(21)35(4)14-13-34(2)3)33-28-29-12-11-20(32-28)27-18-9-7-8-10-19(18)30-23(27)17-36;1-6-24(36)30-20-15-21(23(37-5)16-22(20)35(4)14-13-34(2)3)33-27-29-12-11-19(32-27)25-17-9-7-8-10-18(17)31-26(25)28/h6-12,15-16,30,36H,1,13-14,17H2,2-5H3,(H,31,37)(H,29,32,33);6-12,15-16,31H,1,13-14,28H2,2-5H3,(H,30,36)(H,29,32,33). The number of nitrogens with two attached hydrogens (primary N) is 1. The highest BCUT2D eigenvalue weighted by molar-refractivity contribution is 6.04. The Morgan fingerprint density at radius 3 is 1.51 bits per heavy atom. The van der Waals surface area contributed by atoms with Crippen LogP contribution in [0.1, 0.15) is 5.69 Å². The van der Waals surface area contributed by atoms with Crippen molar-refractivity contribution in [3.8, 4) is 34.0 Å². The highest BCUT2D eigenvalue weighted by Gasteiger charge is 2.21. The summed E-state index contributed by atoms with van der Waals surface area (Å²) in [4.78, 5) is 57.4. The molecule has 20 heteroatoms. The van der Waals surface area contributed by atoms with Crippen LogP contribution in [0.4, 0.5) is 51.8 Å². The molecule has 20 nitrogen and oxygen atoms in total. The van der Waals surface area contributed by atoms with Crippen molar-refractivity contribution in [2.45, 2.75) is 6.61 Å². The van der Waals surface area contributed by atoms with Crippen LogP contribution in [0, 0.1) is 0 Å². The largest absolute Gasteiger partial charge is 0.494 e. The van der Waals surface area contributed by atoms with Gasteiger partial charge in [0.2, 0.25) is 23.7 Å². The predicted molar refractivity (Wildman–Crippen MR) is 303 cm³/mol. The lowest BCUT2D eigenvalue weighted by Gasteiger charge is -2.26. The van der Waals surface area contributed by atoms with Crippen LogP contribution >= 0.6 is 0 Å². The predicted octanol–water partition coefficient (Wildman–Crippen LogP) is 8.07. The van der Waals surface area contributed by atoms with E-state index in [0.29, 0.717) is 69.0 Å². The molecule has 2 amide bonds. The van der Waals surface area contributed by atoms with E-state index in [-0.39, 0.29) is 18.4 Å². The molecule has 0 fully saturated rings. The molecule has 0 aliphatic rings. The number of aliphatic hydroxyl groups is 1. The number of methoxy groups -OCH3 is 2. The van der Waals surface area contributed by atoms with Crippen LogP contribution in [0.3, 0.4) is 0 Å². The van der Waals surface area contributed by atoms with Gasteiger partial charge in [0.05, 0.1) is 72.0 Å². The van der Waals surface area contributed by atoms with Crippen molar-refractivity contribution in [2.75, 3.05) is 119 Å². The number of aromatic amines is 2. The van der Waals surface area contributed by atoms with Crippen LogP contribution in [-0.2, 0) is 16.2 Å². The van der Waals surface area contributed by atoms with Crippen molar-refractivity contribution in [1.82, 2.24) is 39.7 Å². The number of benzene rings is 4. The lowest BCUT2D eigenvalue weighted by molar-refractivity contribution is -0.112. The molecule has 4 aromatic carbocycles. The Balaban J connectivity index is 0.000000219. The fourth-order valence-corrected chi connectivity index (χ4v) is 8.22. The van der Waals surface area contributed by atoms with Gasteiger partial charge in [0.1, 0.15) is 17.3 Å². The lowest BCUT2D eigenvalue weighted by atomic mass is 10.1. The van der Waals surface area contributed by atoms with Crippen LogP contribution in [0.15, 0.2) is 123 Å². The summed E-state index contributed by atoms with van der Waals surface area (Å²) in [7, 11) is 15.2. The number of fused-ring (bicyclic) bond motifs is 2. The number of nitrogen functional groups attached to an aromatic ring is 1. The van der Waals surface area contributed by atoms with Gasteiger partial charge in [-0.2, -0.15) is 0 Å². The van der Waals surface area contributed by atoms with Crippen LogP contribution < -0.4 is 46.3 Å². The SMILES string of the molecule is C=CC(=O)Nc1cc(Nc2nccc(-c3c(CO)[nH]c4ccccc34)n2)c(OC)cc1N(C)CCN(C)C.C=CC(=O)Nc1cc(Nc2nccc(-c3c(N)[nH]c4ccccc34)n2)c(OC)cc1N(C)CCN(C)C. The Bertz CT molecular complexity index is 3310. The Kier molecular flexibility index (Phi) is 17.7. The Hall–Kier alpha value is -8.98. The molecule has 0 aliphatic carbocycles. The maximum Gasteiger partial charge on any atom is 0.247 e. The van der Waals surface area contributed by atoms with Crippen molar-refractivity contribution in [3.05, 3.63) is 128 Å². The smallest absolute Gasteiger partial charge is 0.247 e. The minimum absolute atomic E-state index is 0.153. The number of hydrogen-bond donors (Lipinski definition) is 8. The maximum absolute atomic E-state index is 12.2. The molecule has 9 N–H and O–H groups in total. The van der Waals surface area contributed by atoms with Crippen molar-refractivity contribution in [2.24, 2.45) is 0 Å². The zero-order chi connectivity index (χ0) is 53.8. The number of nitrogens with one attached hydrogen (secondary N) is 6. The molecule has 0 saturated heterocycles. The topological polar surface area (TPSA) is 243 Å². The van der Waals surface area contributed by atoms with E-state index in [2.05, 4.69) is 74.0 Å². The monoisotopic (exact) mass is 1020 g/mol. The van der Waals surface area contributed by atoms with Gasteiger partial charge >= 0.3 is 0 Å². The second kappa shape index (κ2) is 24.6. The molecular weight excluding hydrogens is 951 g/mol. The summed E-state index contributed by atoms with van der Waals surface area (Å²) < 4.78 is 11.4. The number of likely N-dealkylation sites (N-methyl/N-ethyl adjacent to an activating group) is 4. The number of aliphatic hydroxyl groups excluding tert-OH is 1. The number of anilines is 9. The third-order valence-corrected chi connectivity index (χ3v) is 12.1. The summed E-state index contributed by atoms with van der Waals surface area (Å²) in [6.45, 7) is 10.1. The van der Waals surface area contributed by atoms with Gasteiger partial charge in [0.25, 0.3) is 0 Å². The molecule has 0 unspecified atom stereocenters. The number of hydrogen-bond acceptors (Lipinski definition) is 16. The molecule has 8 aromatic rings. The Morgan fingerprint density at radius 2 is 1.07 bits per heavy atom. The van der Waals surface area contributed by atoms with E-state index in [4.69, 9.17) is 25.2 Å². The number of amides is 2. The van der Waals surface area contributed by atoms with E-state index in [1.54, 1.807) is 44.8 Å². The molecule has 0 atom stereocenters. The first-order chi connectivity index (χ1) is 36.1. The maximum atomic E-state index is 12.2. The summed E-state index contributed by atoms with van der Waals surface area (Å²) in [5.74, 6) is 1.72. The van der Waals surface area contributed by atoms with Crippen LogP contribution in [-0.4, -0.2) is 139 Å². The second-order valence-electron chi connectivity index (χ2n) is 17.9. The third kappa shape index (κ3) is 13.0. The van der Waals surface area contributed by atoms with Gasteiger partial charge in [-0.1, -0.05) is 49.6 Å². The number of para-hydroxylation sites is 2. The van der Waals surface area contributed by atoms with Gasteiger partial charge in [-0.15, -0.1) is 0 Å². The molecular formula is C55H65N15O5. The molecule has 8 rings (SSSR count). The van der Waals surface area contributed by atoms with Gasteiger partial charge < -0.3 is 71.1 Å². The summed E-state index contributed by atoms with van der Waals surface area (Å²) in [5, 5.41) is 24.2. The van der Waals surface area contributed by atoms with E-state index < -0.39 is 0 Å². The normalized spacial score (nSPS) is 11.0. The fourth-order valence-electron chi connectivity index (χ4n) is 8.22.